The van der Waals surface area contributed by atoms with Crippen LogP contribution in [0.25, 0.3) is 4.96 Å². The maximum Gasteiger partial charge on any atom is 0.260 e. The van der Waals surface area contributed by atoms with Gasteiger partial charge in [-0.2, -0.15) is 0 Å². The van der Waals surface area contributed by atoms with E-state index in [9.17, 15) is 8.42 Å². The van der Waals surface area contributed by atoms with Gasteiger partial charge in [-0.25, -0.2) is 18.1 Å². The van der Waals surface area contributed by atoms with E-state index >= 15 is 0 Å². The fourth-order valence-corrected chi connectivity index (χ4v) is 4.07. The number of aromatic nitrogens is 2. The zero-order valence-electron chi connectivity index (χ0n) is 12.5. The van der Waals surface area contributed by atoms with Crippen molar-refractivity contribution in [1.29, 1.82) is 0 Å². The molecule has 0 unspecified atom stereocenters. The van der Waals surface area contributed by atoms with Gasteiger partial charge in [0.1, 0.15) is 0 Å². The second kappa shape index (κ2) is 6.73. The number of sulfonamides is 1. The van der Waals surface area contributed by atoms with E-state index in [0.717, 1.165) is 13.0 Å². The van der Waals surface area contributed by atoms with Crippen molar-refractivity contribution in [2.75, 3.05) is 39.0 Å². The molecule has 0 saturated heterocycles. The summed E-state index contributed by atoms with van der Waals surface area (Å²) in [6, 6.07) is 0. The number of hydrogen-bond acceptors (Lipinski definition) is 6. The van der Waals surface area contributed by atoms with Crippen LogP contribution in [0.15, 0.2) is 16.6 Å². The lowest BCUT2D eigenvalue weighted by atomic mass is 10.4. The quantitative estimate of drug-likeness (QED) is 0.707. The van der Waals surface area contributed by atoms with E-state index in [1.165, 1.54) is 11.3 Å². The molecule has 9 heteroatoms. The predicted octanol–water partition coefficient (Wildman–Crippen LogP) is 1.06. The number of anilines is 1. The summed E-state index contributed by atoms with van der Waals surface area (Å²) in [5.74, 6) is 0.407. The smallest absolute Gasteiger partial charge is 0.260 e. The molecule has 0 amide bonds. The molecule has 2 N–H and O–H groups in total. The molecule has 0 spiro atoms. The van der Waals surface area contributed by atoms with Crippen LogP contribution in [-0.4, -0.2) is 56.4 Å². The van der Waals surface area contributed by atoms with Crippen molar-refractivity contribution in [3.05, 3.63) is 11.6 Å². The molecule has 0 saturated carbocycles. The SMILES string of the molecule is CCNc1nc2sccn2c1S(=O)(=O)NCCCN(C)C. The summed E-state index contributed by atoms with van der Waals surface area (Å²) in [6.45, 7) is 3.77. The summed E-state index contributed by atoms with van der Waals surface area (Å²) in [5.41, 5.74) is 0. The zero-order valence-corrected chi connectivity index (χ0v) is 14.1. The molecule has 2 rings (SSSR count). The highest BCUT2D eigenvalue weighted by molar-refractivity contribution is 7.89. The van der Waals surface area contributed by atoms with Crippen LogP contribution < -0.4 is 10.0 Å². The minimum Gasteiger partial charge on any atom is -0.368 e. The van der Waals surface area contributed by atoms with Gasteiger partial charge in [0.2, 0.25) is 0 Å². The fraction of sp³-hybridized carbons (Fsp3) is 0.583. The van der Waals surface area contributed by atoms with Crippen LogP contribution in [0.3, 0.4) is 0 Å². The molecule has 0 aliphatic carbocycles. The molecule has 0 fully saturated rings. The van der Waals surface area contributed by atoms with Gasteiger partial charge < -0.3 is 10.2 Å². The summed E-state index contributed by atoms with van der Waals surface area (Å²) >= 11 is 1.41. The average molecular weight is 331 g/mol. The summed E-state index contributed by atoms with van der Waals surface area (Å²) in [5, 5.41) is 5.02. The first kappa shape index (κ1) is 16.2. The van der Waals surface area contributed by atoms with Crippen molar-refractivity contribution in [2.45, 2.75) is 18.4 Å². The second-order valence-corrected chi connectivity index (χ2v) is 7.46. The van der Waals surface area contributed by atoms with Crippen LogP contribution in [0.1, 0.15) is 13.3 Å². The van der Waals surface area contributed by atoms with Gasteiger partial charge in [-0.05, 0) is 34.0 Å². The summed E-state index contributed by atoms with van der Waals surface area (Å²) in [4.78, 5) is 7.02. The number of thiazole rings is 1. The van der Waals surface area contributed by atoms with E-state index in [2.05, 4.69) is 15.0 Å². The Labute approximate surface area is 129 Å². The molecular weight excluding hydrogens is 310 g/mol. The standard InChI is InChI=1S/C12H21N5O2S2/c1-4-13-10-11(17-8-9-20-12(17)15-10)21(18,19)14-6-5-7-16(2)3/h8-9,13-14H,4-7H2,1-3H3. The van der Waals surface area contributed by atoms with Gasteiger partial charge in [0, 0.05) is 24.7 Å². The van der Waals surface area contributed by atoms with E-state index in [1.807, 2.05) is 31.3 Å². The number of hydrogen-bond donors (Lipinski definition) is 2. The summed E-state index contributed by atoms with van der Waals surface area (Å²) in [7, 11) is 0.336. The van der Waals surface area contributed by atoms with Gasteiger partial charge in [-0.3, -0.25) is 4.40 Å². The lowest BCUT2D eigenvalue weighted by Gasteiger charge is -2.11. The Hall–Kier alpha value is -1.16. The lowest BCUT2D eigenvalue weighted by Crippen LogP contribution is -2.28. The molecular formula is C12H21N5O2S2. The Morgan fingerprint density at radius 1 is 1.43 bits per heavy atom. The maximum absolute atomic E-state index is 12.5. The number of nitrogens with zero attached hydrogens (tertiary/aromatic N) is 3. The molecule has 0 bridgehead atoms. The first-order valence-corrected chi connectivity index (χ1v) is 9.16. The topological polar surface area (TPSA) is 78.7 Å². The number of fused-ring (bicyclic) bond motifs is 1. The molecule has 2 aromatic heterocycles. The molecule has 0 aliphatic heterocycles. The third-order valence-electron chi connectivity index (χ3n) is 2.89. The molecule has 2 aromatic rings. The van der Waals surface area contributed by atoms with Crippen molar-refractivity contribution in [3.63, 3.8) is 0 Å². The Balaban J connectivity index is 2.21. The van der Waals surface area contributed by atoms with E-state index in [-0.39, 0.29) is 5.03 Å². The largest absolute Gasteiger partial charge is 0.368 e. The Morgan fingerprint density at radius 2 is 2.19 bits per heavy atom. The Morgan fingerprint density at radius 3 is 2.86 bits per heavy atom. The Kier molecular flexibility index (Phi) is 5.20. The van der Waals surface area contributed by atoms with E-state index in [0.29, 0.717) is 23.9 Å². The van der Waals surface area contributed by atoms with Crippen molar-refractivity contribution in [1.82, 2.24) is 19.0 Å². The molecule has 0 radical (unpaired) electrons. The molecule has 0 aliphatic rings. The molecule has 0 aromatic carbocycles. The van der Waals surface area contributed by atoms with Crippen LogP contribution in [-0.2, 0) is 10.0 Å². The lowest BCUT2D eigenvalue weighted by molar-refractivity contribution is 0.400. The summed E-state index contributed by atoms with van der Waals surface area (Å²) < 4.78 is 29.3. The third kappa shape index (κ3) is 3.73. The highest BCUT2D eigenvalue weighted by atomic mass is 32.2. The van der Waals surface area contributed by atoms with Gasteiger partial charge in [-0.1, -0.05) is 0 Å². The molecule has 21 heavy (non-hydrogen) atoms. The normalized spacial score (nSPS) is 12.4. The molecule has 7 nitrogen and oxygen atoms in total. The van der Waals surface area contributed by atoms with Crippen LogP contribution in [0.5, 0.6) is 0 Å². The predicted molar refractivity (Wildman–Crippen MR) is 85.6 cm³/mol. The average Bonchev–Trinajstić information content (AvgIpc) is 2.94. The second-order valence-electron chi connectivity index (χ2n) is 4.91. The molecule has 0 atom stereocenters. The first-order chi connectivity index (χ1) is 9.95. The van der Waals surface area contributed by atoms with Crippen LogP contribution in [0, 0.1) is 0 Å². The van der Waals surface area contributed by atoms with Crippen molar-refractivity contribution in [3.8, 4) is 0 Å². The minimum atomic E-state index is -3.59. The van der Waals surface area contributed by atoms with Gasteiger partial charge in [0.15, 0.2) is 15.8 Å². The van der Waals surface area contributed by atoms with Gasteiger partial charge in [-0.15, -0.1) is 11.3 Å². The molecule has 2 heterocycles. The van der Waals surface area contributed by atoms with Crippen LogP contribution in [0.4, 0.5) is 5.82 Å². The maximum atomic E-state index is 12.5. The van der Waals surface area contributed by atoms with Crippen molar-refractivity contribution < 1.29 is 8.42 Å². The van der Waals surface area contributed by atoms with Crippen LogP contribution in [0.2, 0.25) is 0 Å². The van der Waals surface area contributed by atoms with Gasteiger partial charge in [0.25, 0.3) is 10.0 Å². The number of imidazole rings is 1. The van der Waals surface area contributed by atoms with E-state index in [4.69, 9.17) is 0 Å². The number of rotatable bonds is 8. The number of nitrogens with one attached hydrogen (secondary N) is 2. The highest BCUT2D eigenvalue weighted by Gasteiger charge is 2.25. The zero-order chi connectivity index (χ0) is 15.5. The third-order valence-corrected chi connectivity index (χ3v) is 5.13. The van der Waals surface area contributed by atoms with Crippen LogP contribution >= 0.6 is 11.3 Å². The van der Waals surface area contributed by atoms with Crippen molar-refractivity contribution >= 4 is 32.1 Å². The first-order valence-electron chi connectivity index (χ1n) is 6.79. The summed E-state index contributed by atoms with van der Waals surface area (Å²) in [6.07, 6.45) is 2.48. The minimum absolute atomic E-state index is 0.186. The van der Waals surface area contributed by atoms with Crippen molar-refractivity contribution in [2.24, 2.45) is 0 Å². The monoisotopic (exact) mass is 331 g/mol. The van der Waals surface area contributed by atoms with Gasteiger partial charge >= 0.3 is 0 Å². The molecule has 118 valence electrons. The van der Waals surface area contributed by atoms with E-state index in [1.54, 1.807) is 10.6 Å². The van der Waals surface area contributed by atoms with Gasteiger partial charge in [0.05, 0.1) is 0 Å². The fourth-order valence-electron chi connectivity index (χ4n) is 1.97. The van der Waals surface area contributed by atoms with E-state index < -0.39 is 10.0 Å². The Bertz CT molecular complexity index is 690. The highest BCUT2D eigenvalue weighted by Crippen LogP contribution is 2.25.